The highest BCUT2D eigenvalue weighted by Crippen LogP contribution is 2.48. The van der Waals surface area contributed by atoms with Gasteiger partial charge in [0.25, 0.3) is 0 Å². The van der Waals surface area contributed by atoms with Crippen LogP contribution in [0.2, 0.25) is 0 Å². The topological polar surface area (TPSA) is 87.2 Å². The summed E-state index contributed by atoms with van der Waals surface area (Å²) in [6.07, 6.45) is 0. The molecule has 608 valence electrons. The number of rotatable bonds is 15. The van der Waals surface area contributed by atoms with Gasteiger partial charge in [-0.2, -0.15) is 0 Å². The summed E-state index contributed by atoms with van der Waals surface area (Å²) >= 11 is 3.72. The minimum absolute atomic E-state index is 0.588. The SMILES string of the molecule is c1ccc(-c2ccc(-c3nc(-c4ccccc4)nc(-c4c(-c5ccccc5)cccc4-n4c5ccccc5c5ccc(-c6cccc7c6sc6ccccc67)cc54)n3)cc2)cc1.c1ccc(-c2cccc(-c3nc(-c4cccc(-c5ccccc5)c4)nc(-c4cc(-c5ccccc5)ccc4-n4c5ccccc5c5ccc(-c6cccc7c6sc6ccccc67)cc54)n3)c2)cc1. The number of hydrogen-bond acceptors (Lipinski definition) is 8. The zero-order valence-corrected chi connectivity index (χ0v) is 71.9. The smallest absolute Gasteiger partial charge is 0.166 e. The Morgan fingerprint density at radius 2 is 0.462 bits per heavy atom. The number of benzene rings is 19. The second-order valence-electron chi connectivity index (χ2n) is 32.7. The Labute approximate surface area is 758 Å². The number of fused-ring (bicyclic) bond motifs is 12. The lowest BCUT2D eigenvalue weighted by Gasteiger charge is -2.18. The van der Waals surface area contributed by atoms with Crippen molar-refractivity contribution < 1.29 is 0 Å². The molecule has 0 spiro atoms. The second kappa shape index (κ2) is 33.0. The molecule has 0 aliphatic heterocycles. The minimum Gasteiger partial charge on any atom is -0.308 e. The largest absolute Gasteiger partial charge is 0.308 e. The summed E-state index contributed by atoms with van der Waals surface area (Å²) in [5.74, 6) is 3.63. The molecule has 8 nitrogen and oxygen atoms in total. The molecule has 19 aromatic carbocycles. The van der Waals surface area contributed by atoms with Crippen molar-refractivity contribution in [2.75, 3.05) is 0 Å². The Hall–Kier alpha value is -16.8. The van der Waals surface area contributed by atoms with E-state index in [1.165, 1.54) is 84.1 Å². The van der Waals surface area contributed by atoms with Crippen LogP contribution in [-0.4, -0.2) is 39.0 Å². The van der Waals surface area contributed by atoms with Crippen LogP contribution in [0.3, 0.4) is 0 Å². The standard InChI is InChI=1S/C63H40N4S.C57H36N4S/c1-4-17-41(18-5-1)44-23-14-25-48(37-44)61-64-62(49-26-15-24-45(38-49)42-19-6-2-7-20-42)66-63(65-61)55-39-46(43-21-8-3-9-22-43)34-36-57(55)67-56-31-12-10-27-51(56)52-35-33-47(40-58(52)67)50-29-16-30-54-53-28-11-13-32-59(53)68-60(50)54;1-4-16-37(17-5-1)38-30-32-41(33-31-38)56-58-55(40-20-8-3-9-21-40)59-57(60-56)53-43(39-18-6-2-7-19-39)24-15-28-50(53)61-49-27-12-10-22-45(49)46-35-34-42(36-51(46)61)44-25-14-26-48-47-23-11-13-29-52(47)62-54(44)48/h1-40H;1-36H. The van der Waals surface area contributed by atoms with Crippen LogP contribution in [0.15, 0.2) is 461 Å². The Balaban J connectivity index is 0.000000145. The molecule has 0 saturated heterocycles. The van der Waals surface area contributed by atoms with Crippen molar-refractivity contribution in [3.63, 3.8) is 0 Å². The monoisotopic (exact) mass is 1690 g/mol. The predicted molar refractivity (Wildman–Crippen MR) is 545 cm³/mol. The van der Waals surface area contributed by atoms with Crippen LogP contribution in [0, 0.1) is 0 Å². The first-order valence-corrected chi connectivity index (χ1v) is 45.4. The molecule has 0 atom stereocenters. The predicted octanol–water partition coefficient (Wildman–Crippen LogP) is 32.3. The van der Waals surface area contributed by atoms with Gasteiger partial charge in [-0.15, -0.1) is 22.7 Å². The highest BCUT2D eigenvalue weighted by molar-refractivity contribution is 7.26. The van der Waals surface area contributed by atoms with Gasteiger partial charge in [0, 0.05) is 89.7 Å². The molecular formula is C120H76N8S2. The lowest BCUT2D eigenvalue weighted by Crippen LogP contribution is -2.05. The van der Waals surface area contributed by atoms with E-state index < -0.39 is 0 Å². The van der Waals surface area contributed by atoms with E-state index in [4.69, 9.17) is 29.9 Å². The van der Waals surface area contributed by atoms with Gasteiger partial charge in [-0.25, -0.2) is 29.9 Å². The van der Waals surface area contributed by atoms with Crippen LogP contribution in [-0.2, 0) is 0 Å². The number of aromatic nitrogens is 8. The van der Waals surface area contributed by atoms with Crippen molar-refractivity contribution in [3.8, 4) is 158 Å². The molecule has 0 aliphatic rings. The van der Waals surface area contributed by atoms with Crippen LogP contribution in [0.4, 0.5) is 0 Å². The molecule has 0 amide bonds. The third kappa shape index (κ3) is 14.0. The van der Waals surface area contributed by atoms with Crippen LogP contribution < -0.4 is 0 Å². The molecule has 0 saturated carbocycles. The molecule has 0 N–H and O–H groups in total. The fourth-order valence-corrected chi connectivity index (χ4v) is 21.2. The highest BCUT2D eigenvalue weighted by atomic mass is 32.1. The first kappa shape index (κ1) is 76.9. The summed E-state index contributed by atoms with van der Waals surface area (Å²) < 4.78 is 10.0. The van der Waals surface area contributed by atoms with E-state index in [0.717, 1.165) is 122 Å². The number of hydrogen-bond donors (Lipinski definition) is 0. The zero-order chi connectivity index (χ0) is 86.0. The second-order valence-corrected chi connectivity index (χ2v) is 34.8. The Bertz CT molecular complexity index is 8540. The first-order valence-electron chi connectivity index (χ1n) is 43.8. The molecule has 130 heavy (non-hydrogen) atoms. The Kier molecular flexibility index (Phi) is 19.5. The summed E-state index contributed by atoms with van der Waals surface area (Å²) in [7, 11) is 0. The molecule has 0 bridgehead atoms. The van der Waals surface area contributed by atoms with Crippen molar-refractivity contribution in [2.45, 2.75) is 0 Å². The molecule has 25 aromatic rings. The van der Waals surface area contributed by atoms with Gasteiger partial charge in [0.15, 0.2) is 34.9 Å². The maximum atomic E-state index is 5.47. The third-order valence-electron chi connectivity index (χ3n) is 25.0. The minimum atomic E-state index is 0.588. The van der Waals surface area contributed by atoms with Crippen LogP contribution >= 0.6 is 22.7 Å². The normalized spacial score (nSPS) is 11.5. The molecular weight excluding hydrogens is 1620 g/mol. The maximum Gasteiger partial charge on any atom is 0.166 e. The van der Waals surface area contributed by atoms with Crippen LogP contribution in [0.1, 0.15) is 0 Å². The van der Waals surface area contributed by atoms with Gasteiger partial charge >= 0.3 is 0 Å². The number of nitrogens with zero attached hydrogens (tertiary/aromatic N) is 8. The Morgan fingerprint density at radius 1 is 0.154 bits per heavy atom. The van der Waals surface area contributed by atoms with Gasteiger partial charge < -0.3 is 9.13 Å². The van der Waals surface area contributed by atoms with E-state index in [1.807, 2.05) is 59.1 Å². The summed E-state index contributed by atoms with van der Waals surface area (Å²) in [6.45, 7) is 0. The van der Waals surface area contributed by atoms with Gasteiger partial charge in [0.2, 0.25) is 0 Å². The van der Waals surface area contributed by atoms with Crippen molar-refractivity contribution in [2.24, 2.45) is 0 Å². The van der Waals surface area contributed by atoms with E-state index in [9.17, 15) is 0 Å². The molecule has 6 aromatic heterocycles. The zero-order valence-electron chi connectivity index (χ0n) is 70.3. The fourth-order valence-electron chi connectivity index (χ4n) is 18.8. The van der Waals surface area contributed by atoms with Crippen molar-refractivity contribution >= 4 is 107 Å². The van der Waals surface area contributed by atoms with E-state index in [0.29, 0.717) is 34.9 Å². The quantitative estimate of drug-likeness (QED) is 0.102. The summed E-state index contributed by atoms with van der Waals surface area (Å²) in [5.41, 5.74) is 27.8. The first-order chi connectivity index (χ1) is 64.4. The lowest BCUT2D eigenvalue weighted by atomic mass is 9.96. The van der Waals surface area contributed by atoms with Crippen LogP contribution in [0.5, 0.6) is 0 Å². The number of para-hydroxylation sites is 2. The molecule has 0 unspecified atom stereocenters. The van der Waals surface area contributed by atoms with E-state index in [2.05, 4.69) is 434 Å². The van der Waals surface area contributed by atoms with Crippen molar-refractivity contribution in [3.05, 3.63) is 461 Å². The maximum absolute atomic E-state index is 5.47. The summed E-state index contributed by atoms with van der Waals surface area (Å²) in [4.78, 5) is 32.2. The lowest BCUT2D eigenvalue weighted by molar-refractivity contribution is 1.06. The molecule has 0 fully saturated rings. The van der Waals surface area contributed by atoms with Crippen molar-refractivity contribution in [1.29, 1.82) is 0 Å². The molecule has 0 radical (unpaired) electrons. The van der Waals surface area contributed by atoms with Crippen molar-refractivity contribution in [1.82, 2.24) is 39.0 Å². The third-order valence-corrected chi connectivity index (χ3v) is 27.4. The summed E-state index contributed by atoms with van der Waals surface area (Å²) in [5, 5.41) is 9.89. The van der Waals surface area contributed by atoms with Crippen LogP contribution in [0.25, 0.3) is 242 Å². The fraction of sp³-hybridized carbons (Fsp3) is 0. The average molecular weight is 1690 g/mol. The van der Waals surface area contributed by atoms with E-state index >= 15 is 0 Å². The van der Waals surface area contributed by atoms with Gasteiger partial charge in [-0.3, -0.25) is 0 Å². The molecule has 10 heteroatoms. The average Bonchev–Trinajstić information content (AvgIpc) is 1.57. The van der Waals surface area contributed by atoms with Gasteiger partial charge in [0.1, 0.15) is 0 Å². The molecule has 25 rings (SSSR count). The molecule has 0 aliphatic carbocycles. The van der Waals surface area contributed by atoms with Gasteiger partial charge in [-0.1, -0.05) is 394 Å². The van der Waals surface area contributed by atoms with E-state index in [1.54, 1.807) is 0 Å². The van der Waals surface area contributed by atoms with Gasteiger partial charge in [0.05, 0.1) is 39.0 Å². The number of thiophene rings is 2. The van der Waals surface area contributed by atoms with E-state index in [-0.39, 0.29) is 0 Å². The highest BCUT2D eigenvalue weighted by Gasteiger charge is 2.27. The Morgan fingerprint density at radius 3 is 0.954 bits per heavy atom. The summed E-state index contributed by atoms with van der Waals surface area (Å²) in [6, 6.07) is 164. The molecule has 6 heterocycles. The van der Waals surface area contributed by atoms with Gasteiger partial charge in [-0.05, 0) is 145 Å².